The third-order valence-electron chi connectivity index (χ3n) is 4.01. The number of methoxy groups -OCH3 is 1. The van der Waals surface area contributed by atoms with E-state index in [-0.39, 0.29) is 11.8 Å². The molecule has 3 aromatic rings. The Labute approximate surface area is 151 Å². The van der Waals surface area contributed by atoms with Crippen molar-refractivity contribution in [1.82, 2.24) is 4.57 Å². The Bertz CT molecular complexity index is 946. The molecule has 134 valence electrons. The Hall–Kier alpha value is -3.12. The molecule has 6 nitrogen and oxygen atoms in total. The molecule has 2 aromatic carbocycles. The van der Waals surface area contributed by atoms with E-state index in [0.717, 1.165) is 10.9 Å². The number of hydrogen-bond donors (Lipinski definition) is 2. The molecule has 1 aromatic heterocycles. The zero-order chi connectivity index (χ0) is 18.5. The monoisotopic (exact) mass is 351 g/mol. The number of fused-ring (bicyclic) bond motifs is 1. The molecule has 0 aliphatic heterocycles. The van der Waals surface area contributed by atoms with Crippen LogP contribution in [-0.4, -0.2) is 30.1 Å². The van der Waals surface area contributed by atoms with Crippen LogP contribution in [0.5, 0.6) is 0 Å². The summed E-state index contributed by atoms with van der Waals surface area (Å²) < 4.78 is 7.16. The summed E-state index contributed by atoms with van der Waals surface area (Å²) in [7, 11) is 1.65. The Morgan fingerprint density at radius 1 is 1.04 bits per heavy atom. The second-order valence-electron chi connectivity index (χ2n) is 5.96. The molecule has 0 aliphatic rings. The fraction of sp³-hybridized carbons (Fsp3) is 0.200. The van der Waals surface area contributed by atoms with Crippen LogP contribution in [0.1, 0.15) is 17.3 Å². The van der Waals surface area contributed by atoms with Crippen molar-refractivity contribution >= 4 is 34.1 Å². The lowest BCUT2D eigenvalue weighted by Gasteiger charge is -2.07. The van der Waals surface area contributed by atoms with Gasteiger partial charge in [-0.2, -0.15) is 0 Å². The summed E-state index contributed by atoms with van der Waals surface area (Å²) in [5, 5.41) is 6.49. The molecule has 0 saturated carbocycles. The number of carbonyl (C=O) groups is 2. The third kappa shape index (κ3) is 3.92. The molecule has 0 saturated heterocycles. The molecule has 2 N–H and O–H groups in total. The van der Waals surface area contributed by atoms with E-state index in [1.54, 1.807) is 31.4 Å². The van der Waals surface area contributed by atoms with E-state index in [0.29, 0.717) is 30.1 Å². The van der Waals surface area contributed by atoms with Gasteiger partial charge in [0.25, 0.3) is 5.91 Å². The number of carbonyl (C=O) groups excluding carboxylic acids is 2. The second kappa shape index (κ2) is 7.84. The fourth-order valence-electron chi connectivity index (χ4n) is 2.88. The van der Waals surface area contributed by atoms with Crippen LogP contribution in [0.15, 0.2) is 54.7 Å². The topological polar surface area (TPSA) is 72.4 Å². The van der Waals surface area contributed by atoms with E-state index in [1.807, 2.05) is 35.0 Å². The van der Waals surface area contributed by atoms with Crippen LogP contribution in [0.4, 0.5) is 11.4 Å². The molecule has 0 unspecified atom stereocenters. The molecule has 0 atom stereocenters. The highest BCUT2D eigenvalue weighted by molar-refractivity contribution is 6.13. The van der Waals surface area contributed by atoms with Gasteiger partial charge in [-0.15, -0.1) is 0 Å². The summed E-state index contributed by atoms with van der Waals surface area (Å²) in [5.74, 6) is -0.355. The molecule has 0 spiro atoms. The van der Waals surface area contributed by atoms with Crippen molar-refractivity contribution in [2.75, 3.05) is 24.4 Å². The first-order chi connectivity index (χ1) is 12.6. The van der Waals surface area contributed by atoms with Crippen molar-refractivity contribution in [3.63, 3.8) is 0 Å². The maximum atomic E-state index is 12.8. The minimum Gasteiger partial charge on any atom is -0.383 e. The van der Waals surface area contributed by atoms with Gasteiger partial charge in [-0.25, -0.2) is 0 Å². The smallest absolute Gasteiger partial charge is 0.257 e. The highest BCUT2D eigenvalue weighted by Gasteiger charge is 2.15. The van der Waals surface area contributed by atoms with Gasteiger partial charge in [0.05, 0.1) is 12.2 Å². The molecule has 1 heterocycles. The van der Waals surface area contributed by atoms with Crippen molar-refractivity contribution in [2.45, 2.75) is 13.5 Å². The Morgan fingerprint density at radius 2 is 1.77 bits per heavy atom. The number of nitrogens with one attached hydrogen (secondary N) is 2. The molecule has 0 bridgehead atoms. The first kappa shape index (κ1) is 17.7. The van der Waals surface area contributed by atoms with Gasteiger partial charge in [-0.05, 0) is 24.3 Å². The summed E-state index contributed by atoms with van der Waals surface area (Å²) in [6, 6.07) is 14.8. The zero-order valence-corrected chi connectivity index (χ0v) is 14.8. The van der Waals surface area contributed by atoms with Gasteiger partial charge in [-0.3, -0.25) is 9.59 Å². The van der Waals surface area contributed by atoms with Crippen molar-refractivity contribution < 1.29 is 14.3 Å². The molecular formula is C20H21N3O3. The van der Waals surface area contributed by atoms with Crippen LogP contribution in [0.2, 0.25) is 0 Å². The Balaban J connectivity index is 1.87. The summed E-state index contributed by atoms with van der Waals surface area (Å²) in [5.41, 5.74) is 2.84. The highest BCUT2D eigenvalue weighted by atomic mass is 16.5. The van der Waals surface area contributed by atoms with Crippen molar-refractivity contribution in [3.8, 4) is 0 Å². The minimum absolute atomic E-state index is 0.158. The molecule has 0 radical (unpaired) electrons. The average Bonchev–Trinajstić information content (AvgIpc) is 2.98. The van der Waals surface area contributed by atoms with E-state index >= 15 is 0 Å². The lowest BCUT2D eigenvalue weighted by atomic mass is 10.1. The summed E-state index contributed by atoms with van der Waals surface area (Å²) >= 11 is 0. The van der Waals surface area contributed by atoms with Gasteiger partial charge >= 0.3 is 0 Å². The van der Waals surface area contributed by atoms with Crippen LogP contribution in [0.25, 0.3) is 10.9 Å². The summed E-state index contributed by atoms with van der Waals surface area (Å²) in [4.78, 5) is 24.0. The number of aromatic nitrogens is 1. The highest BCUT2D eigenvalue weighted by Crippen LogP contribution is 2.23. The third-order valence-corrected chi connectivity index (χ3v) is 4.01. The molecule has 0 fully saturated rings. The predicted molar refractivity (Wildman–Crippen MR) is 103 cm³/mol. The fourth-order valence-corrected chi connectivity index (χ4v) is 2.88. The molecular weight excluding hydrogens is 330 g/mol. The van der Waals surface area contributed by atoms with Crippen molar-refractivity contribution in [2.24, 2.45) is 0 Å². The van der Waals surface area contributed by atoms with Gasteiger partial charge in [0, 0.05) is 49.1 Å². The maximum absolute atomic E-state index is 12.8. The van der Waals surface area contributed by atoms with Crippen LogP contribution in [-0.2, 0) is 16.1 Å². The van der Waals surface area contributed by atoms with E-state index in [2.05, 4.69) is 10.6 Å². The number of rotatable bonds is 6. The van der Waals surface area contributed by atoms with Gasteiger partial charge in [0.2, 0.25) is 5.91 Å². The van der Waals surface area contributed by atoms with Crippen LogP contribution < -0.4 is 10.6 Å². The van der Waals surface area contributed by atoms with Gasteiger partial charge in [0.1, 0.15) is 0 Å². The van der Waals surface area contributed by atoms with Crippen molar-refractivity contribution in [3.05, 3.63) is 60.3 Å². The van der Waals surface area contributed by atoms with Crippen LogP contribution >= 0.6 is 0 Å². The van der Waals surface area contributed by atoms with E-state index in [9.17, 15) is 9.59 Å². The quantitative estimate of drug-likeness (QED) is 0.714. The normalized spacial score (nSPS) is 10.7. The second-order valence-corrected chi connectivity index (χ2v) is 5.96. The number of benzene rings is 2. The number of nitrogens with zero attached hydrogens (tertiary/aromatic N) is 1. The van der Waals surface area contributed by atoms with Crippen LogP contribution in [0.3, 0.4) is 0 Å². The van der Waals surface area contributed by atoms with Gasteiger partial charge in [-0.1, -0.05) is 24.3 Å². The lowest BCUT2D eigenvalue weighted by Crippen LogP contribution is -2.12. The molecule has 26 heavy (non-hydrogen) atoms. The van der Waals surface area contributed by atoms with E-state index < -0.39 is 0 Å². The first-order valence-electron chi connectivity index (χ1n) is 8.34. The predicted octanol–water partition coefficient (Wildman–Crippen LogP) is 3.50. The number of para-hydroxylation sites is 1. The average molecular weight is 351 g/mol. The van der Waals surface area contributed by atoms with Gasteiger partial charge in [0.15, 0.2) is 0 Å². The standard InChI is InChI=1S/C20H21N3O3/c1-14(24)21-15-6-5-7-16(12-15)22-20(25)18-13-23(10-11-26-2)19-9-4-3-8-17(18)19/h3-9,12-13H,10-11H2,1-2H3,(H,21,24)(H,22,25). The number of ether oxygens (including phenoxy) is 1. The summed E-state index contributed by atoms with van der Waals surface area (Å²) in [6.45, 7) is 2.68. The molecule has 6 heteroatoms. The first-order valence-corrected chi connectivity index (χ1v) is 8.34. The molecule has 3 rings (SSSR count). The Kier molecular flexibility index (Phi) is 5.34. The van der Waals surface area contributed by atoms with Crippen LogP contribution in [0, 0.1) is 0 Å². The largest absolute Gasteiger partial charge is 0.383 e. The lowest BCUT2D eigenvalue weighted by molar-refractivity contribution is -0.114. The number of anilines is 2. The maximum Gasteiger partial charge on any atom is 0.257 e. The minimum atomic E-state index is -0.197. The van der Waals surface area contributed by atoms with Gasteiger partial charge < -0.3 is 19.9 Å². The van der Waals surface area contributed by atoms with E-state index in [4.69, 9.17) is 4.74 Å². The summed E-state index contributed by atoms with van der Waals surface area (Å²) in [6.07, 6.45) is 1.84. The zero-order valence-electron chi connectivity index (χ0n) is 14.8. The molecule has 0 aliphatic carbocycles. The number of hydrogen-bond acceptors (Lipinski definition) is 3. The molecule has 2 amide bonds. The SMILES string of the molecule is COCCn1cc(C(=O)Nc2cccc(NC(C)=O)c2)c2ccccc21. The number of amides is 2. The van der Waals surface area contributed by atoms with Crippen molar-refractivity contribution in [1.29, 1.82) is 0 Å². The van der Waals surface area contributed by atoms with E-state index in [1.165, 1.54) is 6.92 Å². The Morgan fingerprint density at radius 3 is 2.50 bits per heavy atom.